The van der Waals surface area contributed by atoms with Crippen LogP contribution in [0.15, 0.2) is 30.7 Å². The maximum atomic E-state index is 13.0. The molecule has 1 amide bonds. The van der Waals surface area contributed by atoms with E-state index in [2.05, 4.69) is 15.3 Å². The molecule has 3 heterocycles. The summed E-state index contributed by atoms with van der Waals surface area (Å²) in [5, 5.41) is 4.20. The summed E-state index contributed by atoms with van der Waals surface area (Å²) < 4.78 is 7.15. The predicted octanol–water partition coefficient (Wildman–Crippen LogP) is 3.49. The molecule has 1 aromatic carbocycles. The molecule has 9 heteroatoms. The number of halogens is 2. The molecule has 27 heavy (non-hydrogen) atoms. The van der Waals surface area contributed by atoms with Gasteiger partial charge in [0.05, 0.1) is 41.3 Å². The first-order valence-corrected chi connectivity index (χ1v) is 9.19. The summed E-state index contributed by atoms with van der Waals surface area (Å²) in [5.74, 6) is 0.448. The first-order chi connectivity index (χ1) is 13.0. The Bertz CT molecular complexity index is 1010. The van der Waals surface area contributed by atoms with Gasteiger partial charge in [-0.2, -0.15) is 0 Å². The van der Waals surface area contributed by atoms with Gasteiger partial charge in [0.2, 0.25) is 0 Å². The number of aromatic nitrogens is 3. The number of morpholine rings is 1. The van der Waals surface area contributed by atoms with Crippen LogP contribution in [-0.4, -0.2) is 51.6 Å². The fraction of sp³-hybridized carbons (Fsp3) is 0.278. The van der Waals surface area contributed by atoms with E-state index in [-0.39, 0.29) is 5.91 Å². The van der Waals surface area contributed by atoms with E-state index in [1.165, 1.54) is 0 Å². The number of rotatable bonds is 3. The Labute approximate surface area is 165 Å². The largest absolute Gasteiger partial charge is 0.378 e. The molecule has 0 bridgehead atoms. The molecule has 1 saturated heterocycles. The average molecular weight is 406 g/mol. The first kappa shape index (κ1) is 18.0. The van der Waals surface area contributed by atoms with Crippen LogP contribution in [0.25, 0.3) is 11.0 Å². The highest BCUT2D eigenvalue weighted by Gasteiger charge is 2.24. The number of hydrogen-bond donors (Lipinski definition) is 1. The zero-order valence-electron chi connectivity index (χ0n) is 14.6. The number of aryl methyl sites for hydroxylation is 1. The van der Waals surface area contributed by atoms with E-state index >= 15 is 0 Å². The molecule has 7 nitrogen and oxygen atoms in total. The van der Waals surface area contributed by atoms with Crippen molar-refractivity contribution in [3.63, 3.8) is 0 Å². The van der Waals surface area contributed by atoms with Gasteiger partial charge in [-0.15, -0.1) is 0 Å². The monoisotopic (exact) mass is 405 g/mol. The number of nitrogens with zero attached hydrogens (tertiary/aromatic N) is 4. The van der Waals surface area contributed by atoms with Gasteiger partial charge in [0, 0.05) is 31.4 Å². The van der Waals surface area contributed by atoms with Gasteiger partial charge >= 0.3 is 0 Å². The second-order valence-electron chi connectivity index (χ2n) is 6.23. The summed E-state index contributed by atoms with van der Waals surface area (Å²) in [4.78, 5) is 23.6. The van der Waals surface area contributed by atoms with Gasteiger partial charge < -0.3 is 19.5 Å². The van der Waals surface area contributed by atoms with Crippen molar-refractivity contribution in [2.45, 2.75) is 0 Å². The number of amides is 1. The van der Waals surface area contributed by atoms with Crippen LogP contribution in [0.5, 0.6) is 0 Å². The summed E-state index contributed by atoms with van der Waals surface area (Å²) >= 11 is 12.2. The molecule has 0 unspecified atom stereocenters. The Hall–Kier alpha value is -2.35. The van der Waals surface area contributed by atoms with E-state index in [4.69, 9.17) is 27.9 Å². The minimum absolute atomic E-state index is 0.0736. The van der Waals surface area contributed by atoms with E-state index < -0.39 is 0 Å². The second-order valence-corrected chi connectivity index (χ2v) is 7.07. The number of anilines is 2. The second kappa shape index (κ2) is 7.34. The lowest BCUT2D eigenvalue weighted by Gasteiger charge is -2.27. The van der Waals surface area contributed by atoms with Crippen molar-refractivity contribution < 1.29 is 9.53 Å². The van der Waals surface area contributed by atoms with Crippen molar-refractivity contribution in [1.29, 1.82) is 0 Å². The van der Waals surface area contributed by atoms with E-state index in [0.29, 0.717) is 64.5 Å². The van der Waals surface area contributed by atoms with Gasteiger partial charge in [-0.1, -0.05) is 23.2 Å². The van der Waals surface area contributed by atoms with Crippen LogP contribution in [-0.2, 0) is 11.8 Å². The summed E-state index contributed by atoms with van der Waals surface area (Å²) in [6.07, 6.45) is 3.24. The van der Waals surface area contributed by atoms with E-state index in [1.807, 2.05) is 11.6 Å². The number of carbonyl (C=O) groups is 1. The molecular weight excluding hydrogens is 389 g/mol. The van der Waals surface area contributed by atoms with Gasteiger partial charge in [0.1, 0.15) is 5.52 Å². The van der Waals surface area contributed by atoms with E-state index in [9.17, 15) is 4.79 Å². The van der Waals surface area contributed by atoms with Crippen molar-refractivity contribution in [2.24, 2.45) is 7.05 Å². The highest BCUT2D eigenvalue weighted by atomic mass is 35.5. The summed E-state index contributed by atoms with van der Waals surface area (Å²) in [5.41, 5.74) is 2.49. The van der Waals surface area contributed by atoms with Crippen LogP contribution in [0.2, 0.25) is 10.0 Å². The van der Waals surface area contributed by atoms with Gasteiger partial charge in [-0.3, -0.25) is 4.79 Å². The van der Waals surface area contributed by atoms with Crippen LogP contribution in [0.3, 0.4) is 0 Å². The van der Waals surface area contributed by atoms with Crippen LogP contribution in [0.1, 0.15) is 10.4 Å². The minimum Gasteiger partial charge on any atom is -0.378 e. The topological polar surface area (TPSA) is 72.3 Å². The Morgan fingerprint density at radius 2 is 2.00 bits per heavy atom. The molecule has 0 spiro atoms. The Kier molecular flexibility index (Phi) is 4.90. The molecular formula is C18H17Cl2N5O2. The molecule has 140 valence electrons. The molecule has 3 aromatic rings. The number of nitrogens with one attached hydrogen (secondary N) is 1. The normalized spacial score (nSPS) is 14.6. The molecule has 4 rings (SSSR count). The smallest absolute Gasteiger partial charge is 0.257 e. The zero-order valence-corrected chi connectivity index (χ0v) is 16.1. The maximum absolute atomic E-state index is 13.0. The van der Waals surface area contributed by atoms with Crippen molar-refractivity contribution in [2.75, 3.05) is 31.6 Å². The molecule has 1 aliphatic rings. The van der Waals surface area contributed by atoms with Gasteiger partial charge in [-0.25, -0.2) is 9.97 Å². The molecule has 0 atom stereocenters. The average Bonchev–Trinajstić information content (AvgIpc) is 3.07. The molecule has 1 N–H and O–H groups in total. The highest BCUT2D eigenvalue weighted by Crippen LogP contribution is 2.31. The number of imidazole rings is 1. The van der Waals surface area contributed by atoms with Crippen LogP contribution < -0.4 is 5.32 Å². The van der Waals surface area contributed by atoms with Gasteiger partial charge in [0.25, 0.3) is 5.91 Å². The third-order valence-electron chi connectivity index (χ3n) is 4.45. The first-order valence-electron chi connectivity index (χ1n) is 8.43. The molecule has 1 aliphatic heterocycles. The summed E-state index contributed by atoms with van der Waals surface area (Å²) in [7, 11) is 1.85. The number of hydrogen-bond acceptors (Lipinski definition) is 5. The Morgan fingerprint density at radius 1 is 1.22 bits per heavy atom. The van der Waals surface area contributed by atoms with Crippen molar-refractivity contribution >= 4 is 51.6 Å². The Balaban J connectivity index is 1.73. The van der Waals surface area contributed by atoms with E-state index in [0.717, 1.165) is 0 Å². The molecule has 0 aliphatic carbocycles. The SMILES string of the molecule is Cn1cnc2c(Nc3ccc(Cl)cc3Cl)ncc(C(=O)N3CCOCC3)c21. The maximum Gasteiger partial charge on any atom is 0.257 e. The molecule has 0 saturated carbocycles. The van der Waals surface area contributed by atoms with E-state index in [1.54, 1.807) is 35.6 Å². The minimum atomic E-state index is -0.0736. The standard InChI is InChI=1S/C18H17Cl2N5O2/c1-24-10-22-15-16(24)12(18(26)25-4-6-27-7-5-25)9-21-17(15)23-14-3-2-11(19)8-13(14)20/h2-3,8-10H,4-7H2,1H3,(H,21,23). The molecule has 1 fully saturated rings. The van der Waals surface area contributed by atoms with Crippen LogP contribution in [0.4, 0.5) is 11.5 Å². The van der Waals surface area contributed by atoms with Crippen molar-refractivity contribution in [3.05, 3.63) is 46.3 Å². The molecule has 2 aromatic heterocycles. The number of benzene rings is 1. The predicted molar refractivity (Wildman–Crippen MR) is 105 cm³/mol. The third-order valence-corrected chi connectivity index (χ3v) is 5.00. The lowest BCUT2D eigenvalue weighted by atomic mass is 10.2. The van der Waals surface area contributed by atoms with Crippen molar-refractivity contribution in [3.8, 4) is 0 Å². The van der Waals surface area contributed by atoms with Gasteiger partial charge in [-0.05, 0) is 18.2 Å². The summed E-state index contributed by atoms with van der Waals surface area (Å²) in [6.45, 7) is 2.22. The summed E-state index contributed by atoms with van der Waals surface area (Å²) in [6, 6.07) is 5.16. The highest BCUT2D eigenvalue weighted by molar-refractivity contribution is 6.36. The zero-order chi connectivity index (χ0) is 19.0. The lowest BCUT2D eigenvalue weighted by molar-refractivity contribution is 0.0303. The number of ether oxygens (including phenoxy) is 1. The number of carbonyl (C=O) groups excluding carboxylic acids is 1. The fourth-order valence-electron chi connectivity index (χ4n) is 3.08. The van der Waals surface area contributed by atoms with Crippen molar-refractivity contribution in [1.82, 2.24) is 19.4 Å². The molecule has 0 radical (unpaired) electrons. The van der Waals surface area contributed by atoms with Crippen LogP contribution in [0, 0.1) is 0 Å². The quantitative estimate of drug-likeness (QED) is 0.721. The third kappa shape index (κ3) is 3.45. The van der Waals surface area contributed by atoms with Gasteiger partial charge in [0.15, 0.2) is 5.82 Å². The number of fused-ring (bicyclic) bond motifs is 1. The lowest BCUT2D eigenvalue weighted by Crippen LogP contribution is -2.40. The number of pyridine rings is 1. The fourth-order valence-corrected chi connectivity index (χ4v) is 3.53. The Morgan fingerprint density at radius 3 is 2.74 bits per heavy atom. The van der Waals surface area contributed by atoms with Crippen LogP contribution >= 0.6 is 23.2 Å².